The molecule has 0 fully saturated rings. The van der Waals surface area contributed by atoms with Gasteiger partial charge in [0.25, 0.3) is 0 Å². The summed E-state index contributed by atoms with van der Waals surface area (Å²) in [4.78, 5) is 15.7. The van der Waals surface area contributed by atoms with E-state index >= 15 is 0 Å². The highest BCUT2D eigenvalue weighted by atomic mass is 32.1. The number of ether oxygens (including phenoxy) is 1. The molecule has 1 aromatic heterocycles. The zero-order chi connectivity index (χ0) is 9.84. The average Bonchev–Trinajstić information content (AvgIpc) is 2.47. The van der Waals surface area contributed by atoms with Gasteiger partial charge in [-0.05, 0) is 13.8 Å². The molecule has 0 aliphatic carbocycles. The molecular weight excluding hydrogens is 190 g/mol. The smallest absolute Gasteiger partial charge is 0.350 e. The Bertz CT molecular complexity index is 308. The number of carbonyl (C=O) groups is 1. The Labute approximate surface area is 80.2 Å². The summed E-state index contributed by atoms with van der Waals surface area (Å²) in [5.74, 6) is -0.405. The number of aliphatic hydroxyl groups excluding tert-OH is 1. The Morgan fingerprint density at radius 1 is 1.69 bits per heavy atom. The summed E-state index contributed by atoms with van der Waals surface area (Å²) in [7, 11) is 0. The molecule has 0 aliphatic heterocycles. The molecule has 0 bridgehead atoms. The third kappa shape index (κ3) is 2.26. The first-order valence-corrected chi connectivity index (χ1v) is 4.75. The van der Waals surface area contributed by atoms with Crippen molar-refractivity contribution < 1.29 is 14.6 Å². The molecule has 1 heterocycles. The number of carbonyl (C=O) groups excluding carboxylic acids is 1. The van der Waals surface area contributed by atoms with E-state index in [9.17, 15) is 4.79 Å². The quantitative estimate of drug-likeness (QED) is 0.744. The monoisotopic (exact) mass is 201 g/mol. The minimum Gasteiger partial charge on any atom is -0.462 e. The number of aromatic nitrogens is 1. The molecule has 0 spiro atoms. The number of aliphatic hydroxyl groups is 1. The van der Waals surface area contributed by atoms with Gasteiger partial charge in [-0.15, -0.1) is 11.3 Å². The van der Waals surface area contributed by atoms with Crippen molar-refractivity contribution in [3.63, 3.8) is 0 Å². The van der Waals surface area contributed by atoms with Crippen LogP contribution in [0.25, 0.3) is 0 Å². The van der Waals surface area contributed by atoms with Crippen molar-refractivity contribution in [2.24, 2.45) is 0 Å². The van der Waals surface area contributed by atoms with E-state index in [1.54, 1.807) is 13.8 Å². The number of esters is 1. The fourth-order valence-electron chi connectivity index (χ4n) is 0.934. The van der Waals surface area contributed by atoms with Crippen LogP contribution in [-0.2, 0) is 11.3 Å². The number of hydrogen-bond donors (Lipinski definition) is 1. The molecule has 0 saturated carbocycles. The molecule has 0 atom stereocenters. The van der Waals surface area contributed by atoms with E-state index in [1.165, 1.54) is 11.3 Å². The normalized spacial score (nSPS) is 10.1. The Balaban J connectivity index is 2.91. The number of rotatable bonds is 3. The third-order valence-corrected chi connectivity index (χ3v) is 2.41. The Kier molecular flexibility index (Phi) is 3.39. The van der Waals surface area contributed by atoms with Crippen LogP contribution in [0.2, 0.25) is 0 Å². The summed E-state index contributed by atoms with van der Waals surface area (Å²) in [6.45, 7) is 3.64. The van der Waals surface area contributed by atoms with Gasteiger partial charge in [0.1, 0.15) is 4.88 Å². The fraction of sp³-hybridized carbons (Fsp3) is 0.500. The largest absolute Gasteiger partial charge is 0.462 e. The second kappa shape index (κ2) is 4.34. The predicted octanol–water partition coefficient (Wildman–Crippen LogP) is 1.12. The van der Waals surface area contributed by atoms with Gasteiger partial charge in [0.2, 0.25) is 0 Å². The van der Waals surface area contributed by atoms with Crippen LogP contribution < -0.4 is 0 Å². The lowest BCUT2D eigenvalue weighted by Gasteiger charge is -1.98. The standard InChI is InChI=1S/C8H11NO3S/c1-3-12-8(11)7-6(4-10)9-5(2)13-7/h10H,3-4H2,1-2H3. The van der Waals surface area contributed by atoms with Crippen molar-refractivity contribution in [2.45, 2.75) is 20.5 Å². The minimum atomic E-state index is -0.405. The molecule has 0 aliphatic rings. The Morgan fingerprint density at radius 3 is 2.92 bits per heavy atom. The summed E-state index contributed by atoms with van der Waals surface area (Å²) in [6, 6.07) is 0. The first-order valence-electron chi connectivity index (χ1n) is 3.93. The molecule has 0 amide bonds. The van der Waals surface area contributed by atoms with E-state index in [0.717, 1.165) is 5.01 Å². The summed E-state index contributed by atoms with van der Waals surface area (Å²) in [6.07, 6.45) is 0. The van der Waals surface area contributed by atoms with Crippen LogP contribution in [0.5, 0.6) is 0 Å². The maximum atomic E-state index is 11.3. The molecule has 1 aromatic rings. The van der Waals surface area contributed by atoms with Crippen molar-refractivity contribution in [3.8, 4) is 0 Å². The molecule has 1 N–H and O–H groups in total. The average molecular weight is 201 g/mol. The molecule has 72 valence electrons. The van der Waals surface area contributed by atoms with Gasteiger partial charge in [-0.3, -0.25) is 0 Å². The number of nitrogens with zero attached hydrogens (tertiary/aromatic N) is 1. The van der Waals surface area contributed by atoms with E-state index < -0.39 is 5.97 Å². The van der Waals surface area contributed by atoms with E-state index in [1.807, 2.05) is 0 Å². The maximum Gasteiger partial charge on any atom is 0.350 e. The Morgan fingerprint density at radius 2 is 2.38 bits per heavy atom. The SMILES string of the molecule is CCOC(=O)c1sc(C)nc1CO. The van der Waals surface area contributed by atoms with Crippen molar-refractivity contribution in [1.82, 2.24) is 4.98 Å². The molecular formula is C8H11NO3S. The molecule has 0 aromatic carbocycles. The van der Waals surface area contributed by atoms with Gasteiger partial charge in [-0.25, -0.2) is 9.78 Å². The summed E-state index contributed by atoms with van der Waals surface area (Å²) in [5, 5.41) is 9.64. The van der Waals surface area contributed by atoms with Gasteiger partial charge >= 0.3 is 5.97 Å². The van der Waals surface area contributed by atoms with Crippen LogP contribution >= 0.6 is 11.3 Å². The lowest BCUT2D eigenvalue weighted by atomic mass is 10.4. The summed E-state index contributed by atoms with van der Waals surface area (Å²) in [5.41, 5.74) is 0.404. The van der Waals surface area contributed by atoms with E-state index in [-0.39, 0.29) is 6.61 Å². The second-order valence-electron chi connectivity index (χ2n) is 2.39. The first-order chi connectivity index (χ1) is 6.19. The maximum absolute atomic E-state index is 11.3. The van der Waals surface area contributed by atoms with Crippen LogP contribution in [0.1, 0.15) is 27.3 Å². The Hall–Kier alpha value is -0.940. The number of aryl methyl sites for hydroxylation is 1. The summed E-state index contributed by atoms with van der Waals surface area (Å²) < 4.78 is 4.80. The predicted molar refractivity (Wildman–Crippen MR) is 48.7 cm³/mol. The van der Waals surface area contributed by atoms with Crippen LogP contribution in [0, 0.1) is 6.92 Å². The second-order valence-corrected chi connectivity index (χ2v) is 3.59. The van der Waals surface area contributed by atoms with E-state index in [0.29, 0.717) is 17.2 Å². The van der Waals surface area contributed by atoms with Crippen LogP contribution in [0.15, 0.2) is 0 Å². The molecule has 0 radical (unpaired) electrons. The van der Waals surface area contributed by atoms with Crippen molar-refractivity contribution in [2.75, 3.05) is 6.61 Å². The number of hydrogen-bond acceptors (Lipinski definition) is 5. The van der Waals surface area contributed by atoms with Gasteiger partial charge in [-0.2, -0.15) is 0 Å². The van der Waals surface area contributed by atoms with Gasteiger partial charge in [0.05, 0.1) is 23.9 Å². The molecule has 0 unspecified atom stereocenters. The van der Waals surface area contributed by atoms with Gasteiger partial charge in [0, 0.05) is 0 Å². The van der Waals surface area contributed by atoms with Crippen LogP contribution in [0.4, 0.5) is 0 Å². The van der Waals surface area contributed by atoms with E-state index in [2.05, 4.69) is 4.98 Å². The lowest BCUT2D eigenvalue weighted by molar-refractivity contribution is 0.0528. The topological polar surface area (TPSA) is 59.4 Å². The van der Waals surface area contributed by atoms with E-state index in [4.69, 9.17) is 9.84 Å². The minimum absolute atomic E-state index is 0.224. The van der Waals surface area contributed by atoms with Crippen LogP contribution in [-0.4, -0.2) is 22.7 Å². The molecule has 4 nitrogen and oxygen atoms in total. The fourth-order valence-corrected chi connectivity index (χ4v) is 1.76. The van der Waals surface area contributed by atoms with Crippen molar-refractivity contribution in [3.05, 3.63) is 15.6 Å². The van der Waals surface area contributed by atoms with Gasteiger partial charge < -0.3 is 9.84 Å². The lowest BCUT2D eigenvalue weighted by Crippen LogP contribution is -2.05. The number of thiazole rings is 1. The third-order valence-electron chi connectivity index (χ3n) is 1.41. The highest BCUT2D eigenvalue weighted by Crippen LogP contribution is 2.18. The summed E-state index contributed by atoms with van der Waals surface area (Å²) >= 11 is 1.24. The van der Waals surface area contributed by atoms with Crippen molar-refractivity contribution >= 4 is 17.3 Å². The first kappa shape index (κ1) is 10.1. The molecule has 1 rings (SSSR count). The molecule has 5 heteroatoms. The zero-order valence-electron chi connectivity index (χ0n) is 7.53. The molecule has 0 saturated heterocycles. The highest BCUT2D eigenvalue weighted by Gasteiger charge is 2.16. The highest BCUT2D eigenvalue weighted by molar-refractivity contribution is 7.13. The van der Waals surface area contributed by atoms with Crippen molar-refractivity contribution in [1.29, 1.82) is 0 Å². The van der Waals surface area contributed by atoms with Crippen LogP contribution in [0.3, 0.4) is 0 Å². The zero-order valence-corrected chi connectivity index (χ0v) is 8.35. The van der Waals surface area contributed by atoms with Gasteiger partial charge in [0.15, 0.2) is 0 Å². The molecule has 13 heavy (non-hydrogen) atoms. The van der Waals surface area contributed by atoms with Gasteiger partial charge in [-0.1, -0.05) is 0 Å².